The molecule has 62 heavy (non-hydrogen) atoms. The lowest BCUT2D eigenvalue weighted by atomic mass is 10.0. The van der Waals surface area contributed by atoms with Crippen LogP contribution in [-0.2, 0) is 14.3 Å². The lowest BCUT2D eigenvalue weighted by Crippen LogP contribution is -2.45. The minimum atomic E-state index is -0.861. The fourth-order valence-electron chi connectivity index (χ4n) is 8.15. The minimum Gasteiger partial charge on any atom is -0.466 e. The molecule has 0 saturated carbocycles. The summed E-state index contributed by atoms with van der Waals surface area (Å²) in [6, 6.07) is -0.647. The summed E-state index contributed by atoms with van der Waals surface area (Å²) in [7, 11) is 0. The SMILES string of the molecule is CCCCCCC/C=C\CCCCCCCC(=O)OCCCCC/C=C\CCCCCCCC(=O)NC(CO)C(O)/C=C/CCCCCCCCCCCCCCCCCCC. The van der Waals surface area contributed by atoms with Crippen LogP contribution in [0.2, 0.25) is 0 Å². The Kier molecular flexibility index (Phi) is 50.1. The van der Waals surface area contributed by atoms with Crippen molar-refractivity contribution in [1.82, 2.24) is 5.32 Å². The number of rotatable bonds is 50. The molecule has 0 radical (unpaired) electrons. The van der Waals surface area contributed by atoms with Crippen LogP contribution in [0.1, 0.15) is 284 Å². The van der Waals surface area contributed by atoms with E-state index in [1.807, 2.05) is 6.08 Å². The summed E-state index contributed by atoms with van der Waals surface area (Å²) in [6.45, 7) is 4.83. The van der Waals surface area contributed by atoms with Crippen molar-refractivity contribution in [2.45, 2.75) is 296 Å². The number of carbonyl (C=O) groups excluding carboxylic acids is 2. The summed E-state index contributed by atoms with van der Waals surface area (Å²) < 4.78 is 5.44. The first-order valence-corrected chi connectivity index (χ1v) is 27.3. The molecular formula is C56H105NO5. The maximum Gasteiger partial charge on any atom is 0.305 e. The van der Waals surface area contributed by atoms with Crippen molar-refractivity contribution in [2.75, 3.05) is 13.2 Å². The first kappa shape index (κ1) is 60.1. The molecule has 1 amide bonds. The van der Waals surface area contributed by atoms with Crippen molar-refractivity contribution < 1.29 is 24.5 Å². The number of esters is 1. The molecule has 3 N–H and O–H groups in total. The van der Waals surface area contributed by atoms with Crippen LogP contribution in [0.5, 0.6) is 0 Å². The average molecular weight is 872 g/mol. The number of aliphatic hydroxyl groups excluding tert-OH is 2. The monoisotopic (exact) mass is 872 g/mol. The molecule has 0 saturated heterocycles. The summed E-state index contributed by atoms with van der Waals surface area (Å²) in [5, 5.41) is 23.1. The maximum atomic E-state index is 12.4. The van der Waals surface area contributed by atoms with Crippen molar-refractivity contribution in [3.63, 3.8) is 0 Å². The van der Waals surface area contributed by atoms with Gasteiger partial charge in [-0.15, -0.1) is 0 Å². The van der Waals surface area contributed by atoms with Crippen molar-refractivity contribution in [3.05, 3.63) is 36.5 Å². The van der Waals surface area contributed by atoms with E-state index >= 15 is 0 Å². The van der Waals surface area contributed by atoms with Gasteiger partial charge in [-0.1, -0.05) is 217 Å². The van der Waals surface area contributed by atoms with Crippen LogP contribution in [0.3, 0.4) is 0 Å². The number of amides is 1. The summed E-state index contributed by atoms with van der Waals surface area (Å²) in [4.78, 5) is 24.5. The second-order valence-electron chi connectivity index (χ2n) is 18.5. The molecule has 0 aromatic rings. The van der Waals surface area contributed by atoms with E-state index in [0.29, 0.717) is 19.4 Å². The van der Waals surface area contributed by atoms with Crippen molar-refractivity contribution in [1.29, 1.82) is 0 Å². The largest absolute Gasteiger partial charge is 0.466 e. The molecule has 6 nitrogen and oxygen atoms in total. The van der Waals surface area contributed by atoms with E-state index in [1.165, 1.54) is 173 Å². The topological polar surface area (TPSA) is 95.9 Å². The molecule has 0 aliphatic carbocycles. The Bertz CT molecular complexity index is 1010. The number of hydrogen-bond donors (Lipinski definition) is 3. The van der Waals surface area contributed by atoms with E-state index in [4.69, 9.17) is 4.74 Å². The van der Waals surface area contributed by atoms with E-state index in [0.717, 1.165) is 83.5 Å². The molecule has 0 bridgehead atoms. The minimum absolute atomic E-state index is 0.0331. The van der Waals surface area contributed by atoms with Gasteiger partial charge in [-0.05, 0) is 89.9 Å². The van der Waals surface area contributed by atoms with Gasteiger partial charge in [0.05, 0.1) is 25.4 Å². The van der Waals surface area contributed by atoms with Crippen molar-refractivity contribution >= 4 is 11.9 Å². The molecule has 364 valence electrons. The normalized spacial score (nSPS) is 12.9. The quantitative estimate of drug-likeness (QED) is 0.0321. The Balaban J connectivity index is 3.55. The van der Waals surface area contributed by atoms with Gasteiger partial charge in [0, 0.05) is 12.8 Å². The number of unbranched alkanes of at least 4 members (excludes halogenated alkanes) is 35. The number of ether oxygens (including phenoxy) is 1. The van der Waals surface area contributed by atoms with Gasteiger partial charge >= 0.3 is 5.97 Å². The molecule has 6 heteroatoms. The van der Waals surface area contributed by atoms with Crippen LogP contribution in [0, 0.1) is 0 Å². The standard InChI is InChI=1S/C56H105NO5/c1-3-5-7-9-11-13-15-17-19-20-21-22-23-24-28-32-36-40-44-48-54(59)53(52-58)57-55(60)49-45-41-37-33-29-26-27-31-35-39-43-47-51-62-56(61)50-46-42-38-34-30-25-18-16-14-12-10-8-6-4-2/h16,18,27,31,44,48,53-54,58-59H,3-15,17,19-26,28-30,32-43,45-47,49-52H2,1-2H3,(H,57,60)/b18-16-,31-27-,48-44+. The number of hydrogen-bond acceptors (Lipinski definition) is 5. The van der Waals surface area contributed by atoms with Crippen LogP contribution in [0.15, 0.2) is 36.5 Å². The van der Waals surface area contributed by atoms with Crippen LogP contribution in [-0.4, -0.2) is 47.4 Å². The third-order valence-electron chi connectivity index (χ3n) is 12.4. The van der Waals surface area contributed by atoms with Gasteiger partial charge in [-0.3, -0.25) is 9.59 Å². The zero-order valence-electron chi connectivity index (χ0n) is 41.4. The first-order valence-electron chi connectivity index (χ1n) is 27.3. The number of nitrogens with one attached hydrogen (secondary N) is 1. The Hall–Kier alpha value is -1.92. The second kappa shape index (κ2) is 51.7. The van der Waals surface area contributed by atoms with Crippen LogP contribution >= 0.6 is 0 Å². The molecule has 0 aliphatic heterocycles. The zero-order chi connectivity index (χ0) is 45.1. The van der Waals surface area contributed by atoms with Crippen LogP contribution in [0.25, 0.3) is 0 Å². The maximum absolute atomic E-state index is 12.4. The predicted octanol–water partition coefficient (Wildman–Crippen LogP) is 16.5. The molecule has 0 aromatic carbocycles. The molecule has 0 fully saturated rings. The van der Waals surface area contributed by atoms with Crippen molar-refractivity contribution in [3.8, 4) is 0 Å². The third kappa shape index (κ3) is 47.6. The first-order chi connectivity index (χ1) is 30.5. The Morgan fingerprint density at radius 3 is 1.15 bits per heavy atom. The van der Waals surface area contributed by atoms with Crippen LogP contribution in [0.4, 0.5) is 0 Å². The second-order valence-corrected chi connectivity index (χ2v) is 18.5. The van der Waals surface area contributed by atoms with Gasteiger partial charge in [0.1, 0.15) is 0 Å². The van der Waals surface area contributed by atoms with E-state index in [-0.39, 0.29) is 18.5 Å². The zero-order valence-corrected chi connectivity index (χ0v) is 41.4. The number of carbonyl (C=O) groups is 2. The highest BCUT2D eigenvalue weighted by Gasteiger charge is 2.18. The van der Waals surface area contributed by atoms with Gasteiger partial charge in [0.15, 0.2) is 0 Å². The molecule has 0 rings (SSSR count). The Labute approximate surface area is 385 Å². The van der Waals surface area contributed by atoms with Crippen molar-refractivity contribution in [2.24, 2.45) is 0 Å². The summed E-state index contributed by atoms with van der Waals surface area (Å²) >= 11 is 0. The molecule has 2 atom stereocenters. The average Bonchev–Trinajstić information content (AvgIpc) is 3.27. The summed E-state index contributed by atoms with van der Waals surface area (Å²) in [5.41, 5.74) is 0. The lowest BCUT2D eigenvalue weighted by molar-refractivity contribution is -0.143. The van der Waals surface area contributed by atoms with E-state index in [9.17, 15) is 19.8 Å². The predicted molar refractivity (Wildman–Crippen MR) is 269 cm³/mol. The highest BCUT2D eigenvalue weighted by atomic mass is 16.5. The molecule has 0 aliphatic rings. The summed E-state index contributed by atoms with van der Waals surface area (Å²) in [5.74, 6) is -0.126. The smallest absolute Gasteiger partial charge is 0.305 e. The van der Waals surface area contributed by atoms with E-state index < -0.39 is 12.1 Å². The fraction of sp³-hybridized carbons (Fsp3) is 0.857. The Morgan fingerprint density at radius 2 is 0.758 bits per heavy atom. The summed E-state index contributed by atoms with van der Waals surface area (Å²) in [6.07, 6.45) is 62.9. The van der Waals surface area contributed by atoms with Gasteiger partial charge in [-0.25, -0.2) is 0 Å². The highest BCUT2D eigenvalue weighted by molar-refractivity contribution is 5.76. The van der Waals surface area contributed by atoms with Crippen LogP contribution < -0.4 is 5.32 Å². The Morgan fingerprint density at radius 1 is 0.435 bits per heavy atom. The van der Waals surface area contributed by atoms with Gasteiger partial charge in [0.2, 0.25) is 5.91 Å². The third-order valence-corrected chi connectivity index (χ3v) is 12.4. The lowest BCUT2D eigenvalue weighted by Gasteiger charge is -2.20. The molecule has 0 heterocycles. The van der Waals surface area contributed by atoms with Gasteiger partial charge < -0.3 is 20.3 Å². The van der Waals surface area contributed by atoms with Gasteiger partial charge in [0.25, 0.3) is 0 Å². The molecule has 0 aromatic heterocycles. The molecule has 0 spiro atoms. The number of allylic oxidation sites excluding steroid dienone is 5. The van der Waals surface area contributed by atoms with E-state index in [1.54, 1.807) is 6.08 Å². The molecule has 2 unspecified atom stereocenters. The molecular weight excluding hydrogens is 767 g/mol. The van der Waals surface area contributed by atoms with Gasteiger partial charge in [-0.2, -0.15) is 0 Å². The fourth-order valence-corrected chi connectivity index (χ4v) is 8.15. The number of aliphatic hydroxyl groups is 2. The highest BCUT2D eigenvalue weighted by Crippen LogP contribution is 2.16. The van der Waals surface area contributed by atoms with E-state index in [2.05, 4.69) is 43.5 Å².